The minimum atomic E-state index is 0.0306. The highest BCUT2D eigenvalue weighted by Gasteiger charge is 2.22. The summed E-state index contributed by atoms with van der Waals surface area (Å²) in [7, 11) is 0. The summed E-state index contributed by atoms with van der Waals surface area (Å²) >= 11 is 0. The minimum absolute atomic E-state index is 0.0306. The van der Waals surface area contributed by atoms with Gasteiger partial charge in [-0.2, -0.15) is 0 Å². The molecule has 1 saturated heterocycles. The molecule has 0 atom stereocenters. The second kappa shape index (κ2) is 10.0. The van der Waals surface area contributed by atoms with Crippen molar-refractivity contribution in [2.75, 3.05) is 32.7 Å². The molecule has 0 unspecified atom stereocenters. The van der Waals surface area contributed by atoms with Gasteiger partial charge in [0.05, 0.1) is 6.54 Å². The van der Waals surface area contributed by atoms with Crippen molar-refractivity contribution in [3.05, 3.63) is 71.3 Å². The van der Waals surface area contributed by atoms with Crippen molar-refractivity contribution < 1.29 is 9.59 Å². The van der Waals surface area contributed by atoms with Crippen LogP contribution >= 0.6 is 0 Å². The zero-order valence-corrected chi connectivity index (χ0v) is 16.6. The number of nitrogens with zero attached hydrogens (tertiary/aromatic N) is 2. The van der Waals surface area contributed by atoms with E-state index in [4.69, 9.17) is 0 Å². The second-order valence-corrected chi connectivity index (χ2v) is 7.40. The van der Waals surface area contributed by atoms with Gasteiger partial charge in [-0.3, -0.25) is 14.5 Å². The second-order valence-electron chi connectivity index (χ2n) is 7.40. The summed E-state index contributed by atoms with van der Waals surface area (Å²) in [6.45, 7) is 5.88. The first-order chi connectivity index (χ1) is 13.6. The van der Waals surface area contributed by atoms with E-state index in [9.17, 15) is 9.59 Å². The number of nitrogens with one attached hydrogen (secondary N) is 1. The Balaban J connectivity index is 1.34. The maximum absolute atomic E-state index is 12.5. The van der Waals surface area contributed by atoms with Crippen LogP contribution in [0.2, 0.25) is 0 Å². The highest BCUT2D eigenvalue weighted by atomic mass is 16.2. The zero-order chi connectivity index (χ0) is 19.8. The molecule has 148 valence electrons. The van der Waals surface area contributed by atoms with Crippen LogP contribution in [0.15, 0.2) is 54.6 Å². The molecule has 0 radical (unpaired) electrons. The largest absolute Gasteiger partial charge is 0.351 e. The van der Waals surface area contributed by atoms with Gasteiger partial charge in [0.15, 0.2) is 0 Å². The monoisotopic (exact) mass is 379 g/mol. The first kappa shape index (κ1) is 20.1. The number of carbonyl (C=O) groups excluding carboxylic acids is 2. The standard InChI is InChI=1S/C23H29N3O2/c1-19-7-9-20(10-8-19)11-12-23(28)26-15-13-25(14-16-26)18-22(27)24-17-21-5-3-2-4-6-21/h2-10H,11-18H2,1H3,(H,24,27). The summed E-state index contributed by atoms with van der Waals surface area (Å²) in [5, 5.41) is 2.96. The van der Waals surface area contributed by atoms with E-state index in [1.165, 1.54) is 11.1 Å². The van der Waals surface area contributed by atoms with Crippen LogP contribution in [-0.4, -0.2) is 54.3 Å². The maximum atomic E-state index is 12.5. The molecule has 0 bridgehead atoms. The molecule has 0 aliphatic carbocycles. The van der Waals surface area contributed by atoms with Crippen molar-refractivity contribution in [2.24, 2.45) is 0 Å². The molecule has 1 aliphatic rings. The van der Waals surface area contributed by atoms with E-state index < -0.39 is 0 Å². The van der Waals surface area contributed by atoms with Gasteiger partial charge >= 0.3 is 0 Å². The maximum Gasteiger partial charge on any atom is 0.234 e. The van der Waals surface area contributed by atoms with Gasteiger partial charge in [-0.25, -0.2) is 0 Å². The van der Waals surface area contributed by atoms with Crippen LogP contribution in [0.3, 0.4) is 0 Å². The third kappa shape index (κ3) is 6.20. The van der Waals surface area contributed by atoms with Crippen molar-refractivity contribution in [1.29, 1.82) is 0 Å². The lowest BCUT2D eigenvalue weighted by atomic mass is 10.1. The van der Waals surface area contributed by atoms with E-state index in [1.54, 1.807) is 0 Å². The van der Waals surface area contributed by atoms with E-state index in [-0.39, 0.29) is 11.8 Å². The van der Waals surface area contributed by atoms with Crippen molar-refractivity contribution in [3.8, 4) is 0 Å². The van der Waals surface area contributed by atoms with Crippen LogP contribution in [0, 0.1) is 6.92 Å². The fourth-order valence-corrected chi connectivity index (χ4v) is 3.38. The average Bonchev–Trinajstić information content (AvgIpc) is 2.73. The van der Waals surface area contributed by atoms with Crippen LogP contribution < -0.4 is 5.32 Å². The van der Waals surface area contributed by atoms with Crippen molar-refractivity contribution >= 4 is 11.8 Å². The topological polar surface area (TPSA) is 52.7 Å². The number of piperazine rings is 1. The van der Waals surface area contributed by atoms with E-state index in [0.717, 1.165) is 25.1 Å². The molecule has 2 amide bonds. The Bertz CT molecular complexity index is 766. The fourth-order valence-electron chi connectivity index (χ4n) is 3.38. The molecule has 0 spiro atoms. The molecule has 28 heavy (non-hydrogen) atoms. The number of carbonyl (C=O) groups is 2. The molecule has 3 rings (SSSR count). The van der Waals surface area contributed by atoms with Gasteiger partial charge < -0.3 is 10.2 Å². The zero-order valence-electron chi connectivity index (χ0n) is 16.6. The SMILES string of the molecule is Cc1ccc(CCC(=O)N2CCN(CC(=O)NCc3ccccc3)CC2)cc1. The smallest absolute Gasteiger partial charge is 0.234 e. The lowest BCUT2D eigenvalue weighted by molar-refractivity contribution is -0.133. The molecule has 1 heterocycles. The Hall–Kier alpha value is -2.66. The van der Waals surface area contributed by atoms with Crippen molar-refractivity contribution in [3.63, 3.8) is 0 Å². The molecule has 1 fully saturated rings. The molecule has 0 aromatic heterocycles. The van der Waals surface area contributed by atoms with Gasteiger partial charge in [0.1, 0.15) is 0 Å². The molecule has 2 aromatic rings. The summed E-state index contributed by atoms with van der Waals surface area (Å²) in [4.78, 5) is 28.6. The first-order valence-electron chi connectivity index (χ1n) is 9.96. The Kier molecular flexibility index (Phi) is 7.20. The van der Waals surface area contributed by atoms with Gasteiger partial charge in [0, 0.05) is 39.1 Å². The number of amides is 2. The van der Waals surface area contributed by atoms with Crippen LogP contribution in [0.25, 0.3) is 0 Å². The third-order valence-electron chi connectivity index (χ3n) is 5.17. The highest BCUT2D eigenvalue weighted by molar-refractivity contribution is 5.78. The minimum Gasteiger partial charge on any atom is -0.351 e. The molecule has 0 saturated carbocycles. The number of hydrogen-bond acceptors (Lipinski definition) is 3. The lowest BCUT2D eigenvalue weighted by Crippen LogP contribution is -2.51. The number of rotatable bonds is 7. The Morgan fingerprint density at radius 3 is 2.25 bits per heavy atom. The number of hydrogen-bond donors (Lipinski definition) is 1. The van der Waals surface area contributed by atoms with Crippen molar-refractivity contribution in [2.45, 2.75) is 26.3 Å². The van der Waals surface area contributed by atoms with Gasteiger partial charge in [-0.1, -0.05) is 60.2 Å². The fraction of sp³-hybridized carbons (Fsp3) is 0.391. The van der Waals surface area contributed by atoms with Crippen LogP contribution in [0.5, 0.6) is 0 Å². The summed E-state index contributed by atoms with van der Waals surface area (Å²) < 4.78 is 0. The number of aryl methyl sites for hydroxylation is 2. The molecule has 5 nitrogen and oxygen atoms in total. The van der Waals surface area contributed by atoms with Crippen molar-refractivity contribution in [1.82, 2.24) is 15.1 Å². The lowest BCUT2D eigenvalue weighted by Gasteiger charge is -2.34. The van der Waals surface area contributed by atoms with E-state index in [0.29, 0.717) is 32.6 Å². The molecular weight excluding hydrogens is 350 g/mol. The summed E-state index contributed by atoms with van der Waals surface area (Å²) in [6, 6.07) is 18.3. The van der Waals surface area contributed by atoms with Gasteiger partial charge in [0.2, 0.25) is 11.8 Å². The van der Waals surface area contributed by atoms with Crippen LogP contribution in [-0.2, 0) is 22.6 Å². The Labute approximate surface area is 167 Å². The Morgan fingerprint density at radius 1 is 0.893 bits per heavy atom. The van der Waals surface area contributed by atoms with E-state index in [2.05, 4.69) is 41.4 Å². The quantitative estimate of drug-likeness (QED) is 0.804. The third-order valence-corrected chi connectivity index (χ3v) is 5.17. The predicted molar refractivity (Wildman–Crippen MR) is 111 cm³/mol. The summed E-state index contributed by atoms with van der Waals surface area (Å²) in [6.07, 6.45) is 1.32. The molecule has 5 heteroatoms. The van der Waals surface area contributed by atoms with E-state index in [1.807, 2.05) is 35.2 Å². The van der Waals surface area contributed by atoms with Crippen LogP contribution in [0.1, 0.15) is 23.1 Å². The predicted octanol–water partition coefficient (Wildman–Crippen LogP) is 2.39. The van der Waals surface area contributed by atoms with Gasteiger partial charge in [-0.15, -0.1) is 0 Å². The highest BCUT2D eigenvalue weighted by Crippen LogP contribution is 2.09. The van der Waals surface area contributed by atoms with Crippen LogP contribution in [0.4, 0.5) is 0 Å². The average molecular weight is 380 g/mol. The Morgan fingerprint density at radius 2 is 1.57 bits per heavy atom. The van der Waals surface area contributed by atoms with Gasteiger partial charge in [0.25, 0.3) is 0 Å². The summed E-state index contributed by atoms with van der Waals surface area (Å²) in [5.41, 5.74) is 3.53. The normalized spacial score (nSPS) is 14.7. The molecule has 1 N–H and O–H groups in total. The van der Waals surface area contributed by atoms with Gasteiger partial charge in [-0.05, 0) is 24.5 Å². The molecule has 2 aromatic carbocycles. The number of benzene rings is 2. The first-order valence-corrected chi connectivity index (χ1v) is 9.96. The summed E-state index contributed by atoms with van der Waals surface area (Å²) in [5.74, 6) is 0.233. The molecule has 1 aliphatic heterocycles. The molecular formula is C23H29N3O2. The van der Waals surface area contributed by atoms with E-state index >= 15 is 0 Å².